The number of carboxylic acid groups (broad SMARTS) is 1. The van der Waals surface area contributed by atoms with Gasteiger partial charge in [-0.15, -0.1) is 0 Å². The van der Waals surface area contributed by atoms with Crippen LogP contribution in [0.25, 0.3) is 0 Å². The molecule has 1 rings (SSSR count). The van der Waals surface area contributed by atoms with Gasteiger partial charge in [-0.1, -0.05) is 30.3 Å². The molecule has 0 radical (unpaired) electrons. The van der Waals surface area contributed by atoms with Crippen LogP contribution in [0.4, 0.5) is 0 Å². The molecular weight excluding hydrogens is 256 g/mol. The first-order valence-electron chi connectivity index (χ1n) is 6.88. The zero-order chi connectivity index (χ0) is 14.6. The molecule has 1 aromatic rings. The maximum absolute atomic E-state index is 11.2. The predicted octanol–water partition coefficient (Wildman–Crippen LogP) is -0.460. The highest BCUT2D eigenvalue weighted by molar-refractivity contribution is 5.75. The molecule has 0 aliphatic heterocycles. The molecule has 0 aliphatic carbocycles. The van der Waals surface area contributed by atoms with Gasteiger partial charge in [-0.25, -0.2) is 0 Å². The van der Waals surface area contributed by atoms with Crippen LogP contribution in [0.5, 0.6) is 0 Å². The largest absolute Gasteiger partial charge is 0.480 e. The van der Waals surface area contributed by atoms with E-state index < -0.39 is 12.0 Å². The maximum atomic E-state index is 11.2. The highest BCUT2D eigenvalue weighted by atomic mass is 16.4. The van der Waals surface area contributed by atoms with Crippen molar-refractivity contribution in [2.45, 2.75) is 6.04 Å². The molecule has 0 spiro atoms. The Labute approximate surface area is 119 Å². The summed E-state index contributed by atoms with van der Waals surface area (Å²) >= 11 is 0. The maximum Gasteiger partial charge on any atom is 0.325 e. The van der Waals surface area contributed by atoms with Crippen molar-refractivity contribution in [2.75, 3.05) is 39.3 Å². The Morgan fingerprint density at radius 3 is 2.25 bits per heavy atom. The standard InChI is InChI=1S/C14H24N4O2/c15-6-7-16-8-9-17-10-11-18-13(14(19)20)12-4-2-1-3-5-12/h1-5,13,16-18H,6-11,15H2,(H,19,20). The van der Waals surface area contributed by atoms with Gasteiger partial charge in [-0.2, -0.15) is 0 Å². The van der Waals surface area contributed by atoms with Crippen molar-refractivity contribution in [3.8, 4) is 0 Å². The van der Waals surface area contributed by atoms with Crippen molar-refractivity contribution in [3.05, 3.63) is 35.9 Å². The molecule has 6 N–H and O–H groups in total. The lowest BCUT2D eigenvalue weighted by molar-refractivity contribution is -0.139. The van der Waals surface area contributed by atoms with E-state index in [1.807, 2.05) is 30.3 Å². The molecule has 6 nitrogen and oxygen atoms in total. The summed E-state index contributed by atoms with van der Waals surface area (Å²) < 4.78 is 0. The molecule has 20 heavy (non-hydrogen) atoms. The van der Waals surface area contributed by atoms with E-state index in [0.717, 1.165) is 31.7 Å². The molecule has 112 valence electrons. The highest BCUT2D eigenvalue weighted by Crippen LogP contribution is 2.11. The number of hydrogen-bond acceptors (Lipinski definition) is 5. The third kappa shape index (κ3) is 6.63. The predicted molar refractivity (Wildman–Crippen MR) is 79.6 cm³/mol. The Bertz CT molecular complexity index is 373. The van der Waals surface area contributed by atoms with Crippen LogP contribution in [0, 0.1) is 0 Å². The molecule has 0 saturated carbocycles. The first-order valence-corrected chi connectivity index (χ1v) is 6.88. The number of carbonyl (C=O) groups is 1. The Kier molecular flexibility index (Phi) is 8.57. The number of hydrogen-bond donors (Lipinski definition) is 5. The average molecular weight is 280 g/mol. The van der Waals surface area contributed by atoms with E-state index in [1.54, 1.807) is 0 Å². The summed E-state index contributed by atoms with van der Waals surface area (Å²) in [6.07, 6.45) is 0. The zero-order valence-corrected chi connectivity index (χ0v) is 11.6. The molecule has 0 fully saturated rings. The molecule has 0 saturated heterocycles. The average Bonchev–Trinajstić information content (AvgIpc) is 2.46. The molecular formula is C14H24N4O2. The number of benzene rings is 1. The molecule has 0 aliphatic rings. The third-order valence-electron chi connectivity index (χ3n) is 2.83. The quantitative estimate of drug-likeness (QED) is 0.352. The first-order chi connectivity index (χ1) is 9.75. The van der Waals surface area contributed by atoms with Gasteiger partial charge in [0, 0.05) is 39.3 Å². The molecule has 0 heterocycles. The zero-order valence-electron chi connectivity index (χ0n) is 11.6. The second-order valence-corrected chi connectivity index (χ2v) is 4.42. The van der Waals surface area contributed by atoms with Gasteiger partial charge in [-0.3, -0.25) is 10.1 Å². The number of carboxylic acids is 1. The van der Waals surface area contributed by atoms with Crippen LogP contribution in [0.15, 0.2) is 30.3 Å². The molecule has 6 heteroatoms. The van der Waals surface area contributed by atoms with Crippen molar-refractivity contribution in [1.82, 2.24) is 16.0 Å². The van der Waals surface area contributed by atoms with Gasteiger partial charge in [0.05, 0.1) is 0 Å². The Hall–Kier alpha value is -1.47. The summed E-state index contributed by atoms with van der Waals surface area (Å²) in [6.45, 7) is 4.47. The van der Waals surface area contributed by atoms with Crippen molar-refractivity contribution in [1.29, 1.82) is 0 Å². The van der Waals surface area contributed by atoms with E-state index in [0.29, 0.717) is 13.1 Å². The number of rotatable bonds is 11. The van der Waals surface area contributed by atoms with E-state index in [-0.39, 0.29) is 0 Å². The van der Waals surface area contributed by atoms with Gasteiger partial charge in [0.1, 0.15) is 6.04 Å². The van der Waals surface area contributed by atoms with Crippen molar-refractivity contribution in [2.24, 2.45) is 5.73 Å². The number of nitrogens with one attached hydrogen (secondary N) is 3. The lowest BCUT2D eigenvalue weighted by Crippen LogP contribution is -2.37. The van der Waals surface area contributed by atoms with Crippen LogP contribution in [0.3, 0.4) is 0 Å². The first kappa shape index (κ1) is 16.6. The van der Waals surface area contributed by atoms with Crippen LogP contribution in [0.1, 0.15) is 11.6 Å². The summed E-state index contributed by atoms with van der Waals surface area (Å²) in [7, 11) is 0. The second kappa shape index (κ2) is 10.3. The third-order valence-corrected chi connectivity index (χ3v) is 2.83. The summed E-state index contributed by atoms with van der Waals surface area (Å²) in [5, 5.41) is 18.7. The number of nitrogens with two attached hydrogens (primary N) is 1. The monoisotopic (exact) mass is 280 g/mol. The van der Waals surface area contributed by atoms with E-state index in [2.05, 4.69) is 16.0 Å². The van der Waals surface area contributed by atoms with E-state index in [1.165, 1.54) is 0 Å². The molecule has 1 unspecified atom stereocenters. The van der Waals surface area contributed by atoms with Gasteiger partial charge >= 0.3 is 5.97 Å². The van der Waals surface area contributed by atoms with E-state index in [9.17, 15) is 9.90 Å². The van der Waals surface area contributed by atoms with Crippen molar-refractivity contribution in [3.63, 3.8) is 0 Å². The van der Waals surface area contributed by atoms with Gasteiger partial charge in [0.15, 0.2) is 0 Å². The Morgan fingerprint density at radius 1 is 1.05 bits per heavy atom. The summed E-state index contributed by atoms with van der Waals surface area (Å²) in [6, 6.07) is 8.53. The fourth-order valence-corrected chi connectivity index (χ4v) is 1.83. The van der Waals surface area contributed by atoms with E-state index in [4.69, 9.17) is 5.73 Å². The van der Waals surface area contributed by atoms with E-state index >= 15 is 0 Å². The SMILES string of the molecule is NCCNCCNCCNC(C(=O)O)c1ccccc1. The lowest BCUT2D eigenvalue weighted by Gasteiger charge is -2.15. The van der Waals surface area contributed by atoms with Gasteiger partial charge in [-0.05, 0) is 5.56 Å². The fraction of sp³-hybridized carbons (Fsp3) is 0.500. The highest BCUT2D eigenvalue weighted by Gasteiger charge is 2.17. The van der Waals surface area contributed by atoms with Crippen LogP contribution < -0.4 is 21.7 Å². The van der Waals surface area contributed by atoms with Crippen molar-refractivity contribution < 1.29 is 9.90 Å². The Balaban J connectivity index is 2.19. The van der Waals surface area contributed by atoms with Crippen LogP contribution >= 0.6 is 0 Å². The molecule has 1 aromatic carbocycles. The van der Waals surface area contributed by atoms with Crippen LogP contribution in [-0.2, 0) is 4.79 Å². The minimum absolute atomic E-state index is 0.600. The van der Waals surface area contributed by atoms with Crippen molar-refractivity contribution >= 4 is 5.97 Å². The Morgan fingerprint density at radius 2 is 1.65 bits per heavy atom. The van der Waals surface area contributed by atoms with Gasteiger partial charge in [0.2, 0.25) is 0 Å². The second-order valence-electron chi connectivity index (χ2n) is 4.42. The topological polar surface area (TPSA) is 99.4 Å². The van der Waals surface area contributed by atoms with Gasteiger partial charge < -0.3 is 21.5 Å². The fourth-order valence-electron chi connectivity index (χ4n) is 1.83. The normalized spacial score (nSPS) is 12.2. The smallest absolute Gasteiger partial charge is 0.325 e. The summed E-state index contributed by atoms with van der Waals surface area (Å²) in [4.78, 5) is 11.2. The van der Waals surface area contributed by atoms with Crippen LogP contribution in [-0.4, -0.2) is 50.3 Å². The molecule has 0 aromatic heterocycles. The molecule has 0 bridgehead atoms. The molecule has 0 amide bonds. The summed E-state index contributed by atoms with van der Waals surface area (Å²) in [5.41, 5.74) is 6.13. The minimum atomic E-state index is -0.860. The lowest BCUT2D eigenvalue weighted by atomic mass is 10.1. The number of aliphatic carboxylic acids is 1. The molecule has 1 atom stereocenters. The summed E-state index contributed by atoms with van der Waals surface area (Å²) in [5.74, 6) is -0.860. The van der Waals surface area contributed by atoms with Gasteiger partial charge in [0.25, 0.3) is 0 Å². The van der Waals surface area contributed by atoms with Crippen LogP contribution in [0.2, 0.25) is 0 Å². The minimum Gasteiger partial charge on any atom is -0.480 e.